The zero-order chi connectivity index (χ0) is 15.6. The summed E-state index contributed by atoms with van der Waals surface area (Å²) in [5, 5.41) is 7.70. The number of nitrogens with one attached hydrogen (secondary N) is 1. The Bertz CT molecular complexity index is 680. The minimum atomic E-state index is 0.0110. The Labute approximate surface area is 133 Å². The van der Waals surface area contributed by atoms with Crippen LogP contribution in [0.15, 0.2) is 40.9 Å². The lowest BCUT2D eigenvalue weighted by Gasteiger charge is -2.17. The van der Waals surface area contributed by atoms with E-state index in [0.717, 1.165) is 21.3 Å². The van der Waals surface area contributed by atoms with Gasteiger partial charge < -0.3 is 10.5 Å². The molecule has 0 fully saturated rings. The molecule has 0 aliphatic carbocycles. The summed E-state index contributed by atoms with van der Waals surface area (Å²) >= 11 is 3.49. The summed E-state index contributed by atoms with van der Waals surface area (Å²) in [5.74, 6) is 1.79. The van der Waals surface area contributed by atoms with Gasteiger partial charge in [-0.15, -0.1) is 0 Å². The van der Waals surface area contributed by atoms with Gasteiger partial charge in [0, 0.05) is 4.47 Å². The van der Waals surface area contributed by atoms with Crippen LogP contribution in [0.4, 0.5) is 0 Å². The van der Waals surface area contributed by atoms with Crippen molar-refractivity contribution in [2.75, 3.05) is 0 Å². The summed E-state index contributed by atoms with van der Waals surface area (Å²) in [5.41, 5.74) is 8.34. The highest BCUT2D eigenvalue weighted by Gasteiger charge is 2.14. The molecule has 110 valence electrons. The van der Waals surface area contributed by atoms with E-state index in [1.165, 1.54) is 0 Å². The second-order valence-corrected chi connectivity index (χ2v) is 6.22. The molecule has 3 N–H and O–H groups in total. The highest BCUT2D eigenvalue weighted by molar-refractivity contribution is 9.10. The van der Waals surface area contributed by atoms with E-state index in [-0.39, 0.29) is 5.84 Å². The highest BCUT2D eigenvalue weighted by atomic mass is 79.9. The van der Waals surface area contributed by atoms with E-state index >= 15 is 0 Å². The zero-order valence-corrected chi connectivity index (χ0v) is 14.0. The van der Waals surface area contributed by atoms with Crippen LogP contribution in [0.2, 0.25) is 0 Å². The van der Waals surface area contributed by atoms with E-state index in [1.54, 1.807) is 6.07 Å². The number of hydrogen-bond donors (Lipinski definition) is 2. The predicted molar refractivity (Wildman–Crippen MR) is 90.5 cm³/mol. The number of aryl methyl sites for hydroxylation is 1. The topological polar surface area (TPSA) is 59.1 Å². The second kappa shape index (κ2) is 6.31. The van der Waals surface area contributed by atoms with Crippen LogP contribution in [0.1, 0.15) is 36.5 Å². The summed E-state index contributed by atoms with van der Waals surface area (Å²) in [6, 6.07) is 11.6. The number of hydrogen-bond acceptors (Lipinski definition) is 2. The van der Waals surface area contributed by atoms with E-state index in [4.69, 9.17) is 15.9 Å². The van der Waals surface area contributed by atoms with Crippen molar-refractivity contribution in [2.24, 2.45) is 5.73 Å². The van der Waals surface area contributed by atoms with Crippen LogP contribution >= 0.6 is 15.9 Å². The molecule has 2 rings (SSSR count). The smallest absolute Gasteiger partial charge is 0.141 e. The molecule has 0 aliphatic heterocycles. The van der Waals surface area contributed by atoms with Gasteiger partial charge in [-0.2, -0.15) is 0 Å². The summed E-state index contributed by atoms with van der Waals surface area (Å²) in [6.45, 7) is 6.20. The lowest BCUT2D eigenvalue weighted by atomic mass is 10.0. The fourth-order valence-corrected chi connectivity index (χ4v) is 2.55. The predicted octanol–water partition coefficient (Wildman–Crippen LogP) is 4.96. The van der Waals surface area contributed by atoms with Crippen LogP contribution in [-0.4, -0.2) is 5.84 Å². The molecule has 0 spiro atoms. The number of rotatable bonds is 4. The lowest BCUT2D eigenvalue weighted by Crippen LogP contribution is -2.13. The average Bonchev–Trinajstić information content (AvgIpc) is 2.42. The Balaban J connectivity index is 2.51. The molecule has 0 heterocycles. The fraction of sp³-hybridized carbons (Fsp3) is 0.235. The zero-order valence-electron chi connectivity index (χ0n) is 12.4. The van der Waals surface area contributed by atoms with Gasteiger partial charge >= 0.3 is 0 Å². The number of halogens is 1. The molecular formula is C17H19BrN2O. The minimum Gasteiger partial charge on any atom is -0.456 e. The third kappa shape index (κ3) is 3.45. The van der Waals surface area contributed by atoms with Crippen molar-refractivity contribution < 1.29 is 4.74 Å². The molecule has 0 unspecified atom stereocenters. The number of amidine groups is 1. The van der Waals surface area contributed by atoms with E-state index in [0.29, 0.717) is 17.2 Å². The first kappa shape index (κ1) is 15.6. The van der Waals surface area contributed by atoms with Gasteiger partial charge in [0.15, 0.2) is 0 Å². The second-order valence-electron chi connectivity index (χ2n) is 5.30. The van der Waals surface area contributed by atoms with Crippen molar-refractivity contribution in [3.8, 4) is 11.5 Å². The van der Waals surface area contributed by atoms with Crippen LogP contribution < -0.4 is 10.5 Å². The molecule has 2 aromatic carbocycles. The normalized spacial score (nSPS) is 10.7. The Kier molecular flexibility index (Phi) is 4.68. The maximum absolute atomic E-state index is 7.70. The first-order valence-electron chi connectivity index (χ1n) is 6.81. The molecule has 2 aromatic rings. The molecule has 0 saturated carbocycles. The van der Waals surface area contributed by atoms with Gasteiger partial charge in [0.25, 0.3) is 0 Å². The van der Waals surface area contributed by atoms with Crippen molar-refractivity contribution in [3.63, 3.8) is 0 Å². The molecule has 21 heavy (non-hydrogen) atoms. The van der Waals surface area contributed by atoms with E-state index in [2.05, 4.69) is 35.8 Å². The van der Waals surface area contributed by atoms with Crippen molar-refractivity contribution >= 4 is 21.8 Å². The minimum absolute atomic E-state index is 0.0110. The molecule has 3 nitrogen and oxygen atoms in total. The molecule has 0 atom stereocenters. The highest BCUT2D eigenvalue weighted by Crippen LogP contribution is 2.35. The first-order valence-corrected chi connectivity index (χ1v) is 7.60. The number of ether oxygens (including phenoxy) is 1. The van der Waals surface area contributed by atoms with E-state index in [1.807, 2.05) is 31.2 Å². The van der Waals surface area contributed by atoms with Gasteiger partial charge in [-0.25, -0.2) is 0 Å². The van der Waals surface area contributed by atoms with Gasteiger partial charge in [0.2, 0.25) is 0 Å². The van der Waals surface area contributed by atoms with Crippen LogP contribution in [0.5, 0.6) is 11.5 Å². The van der Waals surface area contributed by atoms with Gasteiger partial charge in [-0.1, -0.05) is 41.9 Å². The Morgan fingerprint density at radius 3 is 2.57 bits per heavy atom. The van der Waals surface area contributed by atoms with Crippen LogP contribution in [-0.2, 0) is 0 Å². The monoisotopic (exact) mass is 346 g/mol. The molecular weight excluding hydrogens is 328 g/mol. The quantitative estimate of drug-likeness (QED) is 0.607. The third-order valence-electron chi connectivity index (χ3n) is 3.31. The average molecular weight is 347 g/mol. The van der Waals surface area contributed by atoms with Gasteiger partial charge in [-0.3, -0.25) is 5.41 Å². The fourth-order valence-electron chi connectivity index (χ4n) is 2.17. The van der Waals surface area contributed by atoms with Gasteiger partial charge in [0.05, 0.1) is 5.56 Å². The molecule has 4 heteroatoms. The van der Waals surface area contributed by atoms with Crippen LogP contribution in [0, 0.1) is 12.3 Å². The number of nitrogens with two attached hydrogens (primary N) is 1. The summed E-state index contributed by atoms with van der Waals surface area (Å²) < 4.78 is 7.13. The van der Waals surface area contributed by atoms with Gasteiger partial charge in [0.1, 0.15) is 17.3 Å². The SMILES string of the molecule is Cc1cccc(C(=N)N)c1Oc1ccc(Br)cc1C(C)C. The first-order chi connectivity index (χ1) is 9.90. The Morgan fingerprint density at radius 2 is 1.95 bits per heavy atom. The van der Waals surface area contributed by atoms with Crippen LogP contribution in [0.3, 0.4) is 0 Å². The van der Waals surface area contributed by atoms with Crippen molar-refractivity contribution in [1.82, 2.24) is 0 Å². The standard InChI is InChI=1S/C17H19BrN2O/c1-10(2)14-9-12(18)7-8-15(14)21-16-11(3)5-4-6-13(16)17(19)20/h4-10H,1-3H3,(H3,19,20). The summed E-state index contributed by atoms with van der Waals surface area (Å²) in [6.07, 6.45) is 0. The molecule has 0 aromatic heterocycles. The molecule has 0 radical (unpaired) electrons. The van der Waals surface area contributed by atoms with Crippen molar-refractivity contribution in [1.29, 1.82) is 5.41 Å². The maximum Gasteiger partial charge on any atom is 0.141 e. The largest absolute Gasteiger partial charge is 0.456 e. The lowest BCUT2D eigenvalue weighted by molar-refractivity contribution is 0.468. The third-order valence-corrected chi connectivity index (χ3v) is 3.80. The Morgan fingerprint density at radius 1 is 1.24 bits per heavy atom. The molecule has 0 bridgehead atoms. The molecule has 0 amide bonds. The van der Waals surface area contributed by atoms with E-state index < -0.39 is 0 Å². The summed E-state index contributed by atoms with van der Waals surface area (Å²) in [7, 11) is 0. The number of nitrogen functional groups attached to an aromatic ring is 1. The van der Waals surface area contributed by atoms with Gasteiger partial charge in [-0.05, 0) is 48.2 Å². The van der Waals surface area contributed by atoms with Crippen molar-refractivity contribution in [2.45, 2.75) is 26.7 Å². The number of para-hydroxylation sites is 1. The Hall–Kier alpha value is -1.81. The maximum atomic E-state index is 7.70. The van der Waals surface area contributed by atoms with Crippen molar-refractivity contribution in [3.05, 3.63) is 57.6 Å². The summed E-state index contributed by atoms with van der Waals surface area (Å²) in [4.78, 5) is 0. The van der Waals surface area contributed by atoms with E-state index in [9.17, 15) is 0 Å². The van der Waals surface area contributed by atoms with Crippen LogP contribution in [0.25, 0.3) is 0 Å². The molecule has 0 saturated heterocycles. The number of benzene rings is 2. The molecule has 0 aliphatic rings.